The number of nitrogens with one attached hydrogen (secondary N) is 1. The lowest BCUT2D eigenvalue weighted by Gasteiger charge is -2.34. The molecule has 2 N–H and O–H groups in total. The average Bonchev–Trinajstić information content (AvgIpc) is 2.35. The number of hydrogen-bond acceptors (Lipinski definition) is 2. The Morgan fingerprint density at radius 2 is 2.00 bits per heavy atom. The SMILES string of the molecule is CC1CCCC(C(=O)NCC(C)(C)C(O)C(C)C)C1. The Kier molecular flexibility index (Phi) is 5.84. The molecule has 0 saturated heterocycles. The van der Waals surface area contributed by atoms with Crippen LogP contribution in [0.1, 0.15) is 60.3 Å². The van der Waals surface area contributed by atoms with Gasteiger partial charge in [0.05, 0.1) is 6.10 Å². The van der Waals surface area contributed by atoms with Gasteiger partial charge in [0.1, 0.15) is 0 Å². The van der Waals surface area contributed by atoms with Crippen molar-refractivity contribution in [2.75, 3.05) is 6.54 Å². The molecule has 0 spiro atoms. The summed E-state index contributed by atoms with van der Waals surface area (Å²) in [6.07, 6.45) is 4.05. The molecule has 3 unspecified atom stereocenters. The minimum Gasteiger partial charge on any atom is -0.392 e. The van der Waals surface area contributed by atoms with Crippen molar-refractivity contribution in [2.24, 2.45) is 23.2 Å². The van der Waals surface area contributed by atoms with Crippen molar-refractivity contribution >= 4 is 5.91 Å². The molecule has 1 aliphatic rings. The van der Waals surface area contributed by atoms with Gasteiger partial charge in [0.15, 0.2) is 0 Å². The minimum absolute atomic E-state index is 0.176. The van der Waals surface area contributed by atoms with Crippen LogP contribution in [0.4, 0.5) is 0 Å². The van der Waals surface area contributed by atoms with Gasteiger partial charge in [-0.2, -0.15) is 0 Å². The fourth-order valence-corrected chi connectivity index (χ4v) is 3.14. The van der Waals surface area contributed by atoms with Gasteiger partial charge < -0.3 is 10.4 Å². The lowest BCUT2D eigenvalue weighted by molar-refractivity contribution is -0.127. The Balaban J connectivity index is 2.45. The standard InChI is InChI=1S/C16H31NO2/c1-11(2)14(18)16(4,5)10-17-15(19)13-8-6-7-12(3)9-13/h11-14,18H,6-10H2,1-5H3,(H,17,19). The van der Waals surface area contributed by atoms with Gasteiger partial charge in [0, 0.05) is 17.9 Å². The van der Waals surface area contributed by atoms with E-state index in [1.54, 1.807) is 0 Å². The smallest absolute Gasteiger partial charge is 0.223 e. The zero-order valence-electron chi connectivity index (χ0n) is 13.2. The third kappa shape index (κ3) is 4.79. The molecule has 1 saturated carbocycles. The van der Waals surface area contributed by atoms with E-state index >= 15 is 0 Å². The number of amides is 1. The van der Waals surface area contributed by atoms with Crippen LogP contribution in [0.3, 0.4) is 0 Å². The van der Waals surface area contributed by atoms with E-state index in [1.165, 1.54) is 6.42 Å². The second-order valence-corrected chi connectivity index (χ2v) is 7.36. The van der Waals surface area contributed by atoms with Crippen LogP contribution in [0.25, 0.3) is 0 Å². The largest absolute Gasteiger partial charge is 0.392 e. The lowest BCUT2D eigenvalue weighted by Crippen LogP contribution is -2.45. The van der Waals surface area contributed by atoms with Crippen molar-refractivity contribution in [3.05, 3.63) is 0 Å². The second kappa shape index (κ2) is 6.74. The molecule has 0 bridgehead atoms. The topological polar surface area (TPSA) is 49.3 Å². The highest BCUT2D eigenvalue weighted by molar-refractivity contribution is 5.78. The second-order valence-electron chi connectivity index (χ2n) is 7.36. The number of hydrogen-bond donors (Lipinski definition) is 2. The summed E-state index contributed by atoms with van der Waals surface area (Å²) < 4.78 is 0. The highest BCUT2D eigenvalue weighted by atomic mass is 16.3. The Morgan fingerprint density at radius 1 is 1.37 bits per heavy atom. The first-order valence-electron chi connectivity index (χ1n) is 7.70. The summed E-state index contributed by atoms with van der Waals surface area (Å²) in [7, 11) is 0. The first-order chi connectivity index (χ1) is 8.74. The summed E-state index contributed by atoms with van der Waals surface area (Å²) in [5.41, 5.74) is -0.274. The first-order valence-corrected chi connectivity index (χ1v) is 7.70. The first kappa shape index (κ1) is 16.5. The Morgan fingerprint density at radius 3 is 2.53 bits per heavy atom. The van der Waals surface area contributed by atoms with E-state index in [0.717, 1.165) is 19.3 Å². The quantitative estimate of drug-likeness (QED) is 0.806. The number of aliphatic hydroxyl groups is 1. The molecule has 1 rings (SSSR count). The number of aliphatic hydroxyl groups excluding tert-OH is 1. The molecule has 0 heterocycles. The minimum atomic E-state index is -0.391. The van der Waals surface area contributed by atoms with Crippen LogP contribution >= 0.6 is 0 Å². The van der Waals surface area contributed by atoms with Gasteiger partial charge >= 0.3 is 0 Å². The van der Waals surface area contributed by atoms with Crippen LogP contribution in [0.15, 0.2) is 0 Å². The molecule has 0 radical (unpaired) electrons. The summed E-state index contributed by atoms with van der Waals surface area (Å²) in [6, 6.07) is 0. The van der Waals surface area contributed by atoms with E-state index in [1.807, 2.05) is 27.7 Å². The van der Waals surface area contributed by atoms with Gasteiger partial charge in [-0.3, -0.25) is 4.79 Å². The Labute approximate surface area is 118 Å². The van der Waals surface area contributed by atoms with Crippen molar-refractivity contribution in [3.63, 3.8) is 0 Å². The molecule has 1 fully saturated rings. The molecular formula is C16H31NO2. The number of carbonyl (C=O) groups is 1. The van der Waals surface area contributed by atoms with Crippen LogP contribution in [0.5, 0.6) is 0 Å². The Hall–Kier alpha value is -0.570. The fourth-order valence-electron chi connectivity index (χ4n) is 3.14. The lowest BCUT2D eigenvalue weighted by atomic mass is 9.79. The highest BCUT2D eigenvalue weighted by Gasteiger charge is 2.32. The average molecular weight is 269 g/mol. The van der Waals surface area contributed by atoms with Crippen molar-refractivity contribution in [2.45, 2.75) is 66.4 Å². The van der Waals surface area contributed by atoms with Gasteiger partial charge in [-0.15, -0.1) is 0 Å². The monoisotopic (exact) mass is 269 g/mol. The molecule has 3 atom stereocenters. The summed E-state index contributed by atoms with van der Waals surface area (Å²) in [5, 5.41) is 13.2. The van der Waals surface area contributed by atoms with Crippen molar-refractivity contribution in [3.8, 4) is 0 Å². The maximum atomic E-state index is 12.2. The molecule has 112 valence electrons. The van der Waals surface area contributed by atoms with Crippen LogP contribution in [0, 0.1) is 23.2 Å². The van der Waals surface area contributed by atoms with Crippen molar-refractivity contribution in [1.82, 2.24) is 5.32 Å². The molecule has 0 aromatic carbocycles. The van der Waals surface area contributed by atoms with E-state index in [4.69, 9.17) is 0 Å². The number of carbonyl (C=O) groups excluding carboxylic acids is 1. The molecule has 19 heavy (non-hydrogen) atoms. The van der Waals surface area contributed by atoms with Gasteiger partial charge in [0.2, 0.25) is 5.91 Å². The van der Waals surface area contributed by atoms with E-state index in [9.17, 15) is 9.90 Å². The van der Waals surface area contributed by atoms with Crippen LogP contribution in [0.2, 0.25) is 0 Å². The van der Waals surface area contributed by atoms with Gasteiger partial charge in [-0.05, 0) is 24.7 Å². The van der Waals surface area contributed by atoms with E-state index in [0.29, 0.717) is 12.5 Å². The van der Waals surface area contributed by atoms with E-state index in [-0.39, 0.29) is 23.2 Å². The summed E-state index contributed by atoms with van der Waals surface area (Å²) >= 11 is 0. The van der Waals surface area contributed by atoms with Gasteiger partial charge in [-0.1, -0.05) is 47.5 Å². The summed E-state index contributed by atoms with van der Waals surface area (Å²) in [4.78, 5) is 12.2. The molecule has 3 nitrogen and oxygen atoms in total. The molecule has 0 aromatic rings. The maximum absolute atomic E-state index is 12.2. The predicted octanol–water partition coefficient (Wildman–Crippen LogP) is 2.97. The molecule has 0 aromatic heterocycles. The molecule has 1 amide bonds. The van der Waals surface area contributed by atoms with Crippen LogP contribution in [-0.2, 0) is 4.79 Å². The van der Waals surface area contributed by atoms with Crippen molar-refractivity contribution in [1.29, 1.82) is 0 Å². The van der Waals surface area contributed by atoms with Gasteiger partial charge in [0.25, 0.3) is 0 Å². The zero-order chi connectivity index (χ0) is 14.6. The third-order valence-electron chi connectivity index (χ3n) is 4.46. The normalized spacial score (nSPS) is 26.3. The molecule has 1 aliphatic carbocycles. The highest BCUT2D eigenvalue weighted by Crippen LogP contribution is 2.29. The predicted molar refractivity (Wildman–Crippen MR) is 78.8 cm³/mol. The van der Waals surface area contributed by atoms with Crippen LogP contribution in [-0.4, -0.2) is 23.7 Å². The van der Waals surface area contributed by atoms with Crippen molar-refractivity contribution < 1.29 is 9.90 Å². The Bertz CT molecular complexity index is 299. The molecule has 0 aliphatic heterocycles. The van der Waals surface area contributed by atoms with E-state index in [2.05, 4.69) is 12.2 Å². The molecular weight excluding hydrogens is 238 g/mol. The number of rotatable bonds is 5. The third-order valence-corrected chi connectivity index (χ3v) is 4.46. The van der Waals surface area contributed by atoms with Gasteiger partial charge in [-0.25, -0.2) is 0 Å². The molecule has 3 heteroatoms. The van der Waals surface area contributed by atoms with Crippen LogP contribution < -0.4 is 5.32 Å². The maximum Gasteiger partial charge on any atom is 0.223 e. The summed E-state index contributed by atoms with van der Waals surface area (Å²) in [5.74, 6) is 1.23. The van der Waals surface area contributed by atoms with E-state index < -0.39 is 6.10 Å². The zero-order valence-corrected chi connectivity index (χ0v) is 13.2. The fraction of sp³-hybridized carbons (Fsp3) is 0.938. The summed E-state index contributed by atoms with van der Waals surface area (Å²) in [6.45, 7) is 10.8.